The van der Waals surface area contributed by atoms with Crippen LogP contribution in [-0.4, -0.2) is 36.5 Å². The minimum Gasteiger partial charge on any atom is -0.449 e. The number of carbonyl (C=O) groups is 2. The van der Waals surface area contributed by atoms with Gasteiger partial charge in [0, 0.05) is 18.0 Å². The Balaban J connectivity index is 1.25. The molecule has 2 aromatic carbocycles. The van der Waals surface area contributed by atoms with Crippen LogP contribution in [0, 0.1) is 0 Å². The van der Waals surface area contributed by atoms with E-state index in [9.17, 15) is 9.59 Å². The molecule has 0 spiro atoms. The predicted octanol–water partition coefficient (Wildman–Crippen LogP) is 5.36. The number of ether oxygens (including phenoxy) is 2. The van der Waals surface area contributed by atoms with E-state index in [4.69, 9.17) is 9.47 Å². The average molecular weight is 437 g/mol. The third-order valence-corrected chi connectivity index (χ3v) is 6.11. The molecular weight excluding hydrogens is 404 g/mol. The van der Waals surface area contributed by atoms with Gasteiger partial charge in [-0.1, -0.05) is 48.5 Å². The fraction of sp³-hybridized carbons (Fsp3) is 0.462. The van der Waals surface area contributed by atoms with E-state index in [1.807, 2.05) is 45.0 Å². The van der Waals surface area contributed by atoms with Crippen LogP contribution in [0.3, 0.4) is 0 Å². The molecule has 0 aliphatic heterocycles. The summed E-state index contributed by atoms with van der Waals surface area (Å²) >= 11 is 0. The van der Waals surface area contributed by atoms with Crippen LogP contribution < -0.4 is 10.6 Å². The Kier molecular flexibility index (Phi) is 6.40. The van der Waals surface area contributed by atoms with Gasteiger partial charge in [0.05, 0.1) is 0 Å². The standard InChI is InChI=1S/C26H32N2O4/c1-26(2,3)32-25(30)28-18-14-12-17(13-15-18)27-24(29)31-16-23-21-10-6-4-8-19(21)20-9-5-7-11-22(20)23/h4-11,17-18,23H,12-16H2,1-3H3,(H,27,29)(H,28,30). The van der Waals surface area contributed by atoms with Crippen molar-refractivity contribution >= 4 is 12.2 Å². The van der Waals surface area contributed by atoms with E-state index in [-0.39, 0.29) is 30.2 Å². The van der Waals surface area contributed by atoms with Crippen LogP contribution in [0.25, 0.3) is 11.1 Å². The summed E-state index contributed by atoms with van der Waals surface area (Å²) in [4.78, 5) is 24.4. The van der Waals surface area contributed by atoms with Crippen LogP contribution in [-0.2, 0) is 9.47 Å². The topological polar surface area (TPSA) is 76.7 Å². The molecule has 0 heterocycles. The summed E-state index contributed by atoms with van der Waals surface area (Å²) in [5.41, 5.74) is 4.33. The summed E-state index contributed by atoms with van der Waals surface area (Å²) in [6.45, 7) is 5.86. The molecule has 0 radical (unpaired) electrons. The van der Waals surface area contributed by atoms with Gasteiger partial charge in [0.15, 0.2) is 0 Å². The van der Waals surface area contributed by atoms with Gasteiger partial charge in [-0.25, -0.2) is 9.59 Å². The molecule has 2 amide bonds. The van der Waals surface area contributed by atoms with E-state index in [1.165, 1.54) is 22.3 Å². The van der Waals surface area contributed by atoms with Crippen molar-refractivity contribution in [1.29, 1.82) is 0 Å². The van der Waals surface area contributed by atoms with Crippen molar-refractivity contribution in [2.75, 3.05) is 6.61 Å². The molecule has 4 rings (SSSR count). The second kappa shape index (κ2) is 9.23. The van der Waals surface area contributed by atoms with Crippen LogP contribution in [0.2, 0.25) is 0 Å². The lowest BCUT2D eigenvalue weighted by molar-refractivity contribution is 0.0488. The Bertz CT molecular complexity index is 928. The van der Waals surface area contributed by atoms with Gasteiger partial charge in [0.25, 0.3) is 0 Å². The van der Waals surface area contributed by atoms with Crippen molar-refractivity contribution < 1.29 is 19.1 Å². The third-order valence-electron chi connectivity index (χ3n) is 6.11. The van der Waals surface area contributed by atoms with Crippen molar-refractivity contribution in [2.45, 2.75) is 70.1 Å². The molecule has 6 heteroatoms. The first-order chi connectivity index (χ1) is 15.3. The molecule has 2 aliphatic carbocycles. The number of hydrogen-bond acceptors (Lipinski definition) is 4. The van der Waals surface area contributed by atoms with Gasteiger partial charge in [-0.15, -0.1) is 0 Å². The maximum atomic E-state index is 12.5. The summed E-state index contributed by atoms with van der Waals surface area (Å²) < 4.78 is 11.0. The van der Waals surface area contributed by atoms with Gasteiger partial charge in [0.2, 0.25) is 0 Å². The fourth-order valence-electron chi connectivity index (χ4n) is 4.66. The Hall–Kier alpha value is -3.02. The zero-order valence-electron chi connectivity index (χ0n) is 19.0. The zero-order valence-corrected chi connectivity index (χ0v) is 19.0. The average Bonchev–Trinajstić information content (AvgIpc) is 3.06. The first kappa shape index (κ1) is 22.2. The second-order valence-corrected chi connectivity index (χ2v) is 9.66. The van der Waals surface area contributed by atoms with Gasteiger partial charge in [-0.2, -0.15) is 0 Å². The van der Waals surface area contributed by atoms with E-state index in [2.05, 4.69) is 34.9 Å². The molecule has 1 saturated carbocycles. The molecule has 0 aromatic heterocycles. The SMILES string of the molecule is CC(C)(C)OC(=O)NC1CCC(NC(=O)OCC2c3ccccc3-c3ccccc32)CC1. The molecule has 0 unspecified atom stereocenters. The summed E-state index contributed by atoms with van der Waals surface area (Å²) in [5, 5.41) is 5.92. The second-order valence-electron chi connectivity index (χ2n) is 9.66. The number of hydrogen-bond donors (Lipinski definition) is 2. The summed E-state index contributed by atoms with van der Waals surface area (Å²) in [5.74, 6) is 0.0573. The minimum absolute atomic E-state index is 0.0573. The van der Waals surface area contributed by atoms with E-state index < -0.39 is 5.60 Å². The molecule has 1 fully saturated rings. The first-order valence-corrected chi connectivity index (χ1v) is 11.4. The lowest BCUT2D eigenvalue weighted by atomic mass is 9.91. The minimum atomic E-state index is -0.507. The molecule has 2 aliphatic rings. The van der Waals surface area contributed by atoms with Gasteiger partial charge in [-0.05, 0) is 68.7 Å². The predicted molar refractivity (Wildman–Crippen MR) is 124 cm³/mol. The number of amides is 2. The van der Waals surface area contributed by atoms with Crippen LogP contribution >= 0.6 is 0 Å². The summed E-state index contributed by atoms with van der Waals surface area (Å²) in [6.07, 6.45) is 2.43. The molecular formula is C26H32N2O4. The molecule has 2 aromatic rings. The molecule has 32 heavy (non-hydrogen) atoms. The molecule has 6 nitrogen and oxygen atoms in total. The highest BCUT2D eigenvalue weighted by Gasteiger charge is 2.30. The summed E-state index contributed by atoms with van der Waals surface area (Å²) in [6, 6.07) is 16.7. The Morgan fingerprint density at radius 1 is 0.812 bits per heavy atom. The van der Waals surface area contributed by atoms with Gasteiger partial charge in [0.1, 0.15) is 12.2 Å². The van der Waals surface area contributed by atoms with Crippen molar-refractivity contribution in [3.63, 3.8) is 0 Å². The number of nitrogens with one attached hydrogen (secondary N) is 2. The van der Waals surface area contributed by atoms with Crippen molar-refractivity contribution in [2.24, 2.45) is 0 Å². The lowest BCUT2D eigenvalue weighted by Crippen LogP contribution is -2.45. The third kappa shape index (κ3) is 5.23. The van der Waals surface area contributed by atoms with Crippen LogP contribution in [0.15, 0.2) is 48.5 Å². The summed E-state index contributed by atoms with van der Waals surface area (Å²) in [7, 11) is 0. The fourth-order valence-corrected chi connectivity index (χ4v) is 4.66. The first-order valence-electron chi connectivity index (χ1n) is 11.4. The van der Waals surface area contributed by atoms with E-state index in [0.29, 0.717) is 6.61 Å². The van der Waals surface area contributed by atoms with Crippen LogP contribution in [0.4, 0.5) is 9.59 Å². The highest BCUT2D eigenvalue weighted by molar-refractivity contribution is 5.79. The number of benzene rings is 2. The number of carbonyl (C=O) groups excluding carboxylic acids is 2. The molecule has 0 atom stereocenters. The Morgan fingerprint density at radius 3 is 1.78 bits per heavy atom. The van der Waals surface area contributed by atoms with Crippen LogP contribution in [0.1, 0.15) is 63.5 Å². The monoisotopic (exact) mass is 436 g/mol. The maximum Gasteiger partial charge on any atom is 0.407 e. The molecule has 2 N–H and O–H groups in total. The number of rotatable bonds is 4. The van der Waals surface area contributed by atoms with Crippen molar-refractivity contribution in [3.8, 4) is 11.1 Å². The van der Waals surface area contributed by atoms with Crippen molar-refractivity contribution in [3.05, 3.63) is 59.7 Å². The largest absolute Gasteiger partial charge is 0.449 e. The maximum absolute atomic E-state index is 12.5. The number of alkyl carbamates (subject to hydrolysis) is 2. The highest BCUT2D eigenvalue weighted by atomic mass is 16.6. The van der Waals surface area contributed by atoms with E-state index >= 15 is 0 Å². The van der Waals surface area contributed by atoms with Gasteiger partial charge < -0.3 is 20.1 Å². The highest BCUT2D eigenvalue weighted by Crippen LogP contribution is 2.44. The van der Waals surface area contributed by atoms with Gasteiger partial charge in [-0.3, -0.25) is 0 Å². The zero-order chi connectivity index (χ0) is 22.7. The van der Waals surface area contributed by atoms with Crippen molar-refractivity contribution in [1.82, 2.24) is 10.6 Å². The van der Waals surface area contributed by atoms with Gasteiger partial charge >= 0.3 is 12.2 Å². The lowest BCUT2D eigenvalue weighted by Gasteiger charge is -2.30. The Labute approximate surface area is 189 Å². The smallest absolute Gasteiger partial charge is 0.407 e. The number of fused-ring (bicyclic) bond motifs is 3. The molecule has 0 saturated heterocycles. The molecule has 0 bridgehead atoms. The van der Waals surface area contributed by atoms with E-state index in [1.54, 1.807) is 0 Å². The normalized spacial score (nSPS) is 20.1. The van der Waals surface area contributed by atoms with Crippen LogP contribution in [0.5, 0.6) is 0 Å². The quantitative estimate of drug-likeness (QED) is 0.676. The van der Waals surface area contributed by atoms with E-state index in [0.717, 1.165) is 25.7 Å². The molecule has 170 valence electrons. The Morgan fingerprint density at radius 2 is 1.28 bits per heavy atom.